The summed E-state index contributed by atoms with van der Waals surface area (Å²) < 4.78 is 0. The van der Waals surface area contributed by atoms with Crippen LogP contribution in [0.25, 0.3) is 0 Å². The first-order valence-corrected chi connectivity index (χ1v) is 6.33. The van der Waals surface area contributed by atoms with Crippen molar-refractivity contribution in [3.63, 3.8) is 0 Å². The van der Waals surface area contributed by atoms with Crippen LogP contribution in [0.15, 0.2) is 24.3 Å². The monoisotopic (exact) mass is 250 g/mol. The predicted octanol–water partition coefficient (Wildman–Crippen LogP) is 3.68. The molecule has 4 nitrogen and oxygen atoms in total. The average Bonchev–Trinajstić information content (AvgIpc) is 2.36. The van der Waals surface area contributed by atoms with E-state index in [-0.39, 0.29) is 22.1 Å². The lowest BCUT2D eigenvalue weighted by molar-refractivity contribution is -0.384. The van der Waals surface area contributed by atoms with Crippen molar-refractivity contribution in [2.24, 2.45) is 5.41 Å². The van der Waals surface area contributed by atoms with E-state index in [9.17, 15) is 10.1 Å². The topological polar surface area (TPSA) is 55.2 Å². The minimum absolute atomic E-state index is 0.121. The Morgan fingerprint density at radius 2 is 2.11 bits per heavy atom. The Morgan fingerprint density at radius 1 is 1.44 bits per heavy atom. The third-order valence-electron chi connectivity index (χ3n) is 3.42. The molecule has 4 heteroatoms. The van der Waals surface area contributed by atoms with Crippen molar-refractivity contribution in [3.05, 3.63) is 39.9 Å². The number of nitro groups is 1. The minimum atomic E-state index is -0.355. The number of nitro benzene ring substituents is 1. The lowest BCUT2D eigenvalue weighted by Crippen LogP contribution is -2.30. The number of nitrogens with one attached hydrogen (secondary N) is 1. The van der Waals surface area contributed by atoms with Gasteiger partial charge in [0.1, 0.15) is 0 Å². The predicted molar refractivity (Wildman–Crippen MR) is 73.6 cm³/mol. The van der Waals surface area contributed by atoms with Crippen LogP contribution in [0.4, 0.5) is 5.69 Å². The van der Waals surface area contributed by atoms with Gasteiger partial charge in [-0.25, -0.2) is 0 Å². The molecule has 100 valence electrons. The van der Waals surface area contributed by atoms with Crippen molar-refractivity contribution in [3.8, 4) is 0 Å². The van der Waals surface area contributed by atoms with Gasteiger partial charge in [0.2, 0.25) is 0 Å². The Hall–Kier alpha value is -1.42. The second-order valence-electron chi connectivity index (χ2n) is 5.47. The summed E-state index contributed by atoms with van der Waals surface area (Å²) in [6, 6.07) is 6.93. The summed E-state index contributed by atoms with van der Waals surface area (Å²) in [5.74, 6) is 0. The summed E-state index contributed by atoms with van der Waals surface area (Å²) in [5, 5.41) is 14.2. The summed E-state index contributed by atoms with van der Waals surface area (Å²) in [6.45, 7) is 9.51. The van der Waals surface area contributed by atoms with E-state index in [4.69, 9.17) is 0 Å². The fourth-order valence-corrected chi connectivity index (χ4v) is 1.58. The molecule has 1 aromatic rings. The SMILES string of the molecule is CCC(C)(C)CNC(C)c1cccc([N+](=O)[O-])c1. The van der Waals surface area contributed by atoms with Gasteiger partial charge >= 0.3 is 0 Å². The van der Waals surface area contributed by atoms with Gasteiger partial charge in [-0.05, 0) is 24.3 Å². The first kappa shape index (κ1) is 14.6. The van der Waals surface area contributed by atoms with Crippen molar-refractivity contribution in [1.29, 1.82) is 0 Å². The molecule has 0 fully saturated rings. The Balaban J connectivity index is 2.69. The van der Waals surface area contributed by atoms with Crippen LogP contribution in [0.3, 0.4) is 0 Å². The molecule has 0 saturated heterocycles. The minimum Gasteiger partial charge on any atom is -0.310 e. The Labute approximate surface area is 109 Å². The summed E-state index contributed by atoms with van der Waals surface area (Å²) in [7, 11) is 0. The van der Waals surface area contributed by atoms with Crippen LogP contribution in [-0.2, 0) is 0 Å². The molecule has 0 radical (unpaired) electrons. The summed E-state index contributed by atoms with van der Waals surface area (Å²) in [4.78, 5) is 10.4. The fourth-order valence-electron chi connectivity index (χ4n) is 1.58. The highest BCUT2D eigenvalue weighted by molar-refractivity contribution is 5.35. The lowest BCUT2D eigenvalue weighted by Gasteiger charge is -2.25. The lowest BCUT2D eigenvalue weighted by atomic mass is 9.90. The van der Waals surface area contributed by atoms with Gasteiger partial charge in [0.05, 0.1) is 4.92 Å². The third-order valence-corrected chi connectivity index (χ3v) is 3.42. The highest BCUT2D eigenvalue weighted by atomic mass is 16.6. The molecule has 0 heterocycles. The van der Waals surface area contributed by atoms with Crippen molar-refractivity contribution >= 4 is 5.69 Å². The van der Waals surface area contributed by atoms with Crippen molar-refractivity contribution in [1.82, 2.24) is 5.32 Å². The van der Waals surface area contributed by atoms with Gasteiger partial charge in [-0.3, -0.25) is 10.1 Å². The van der Waals surface area contributed by atoms with Crippen LogP contribution in [0.1, 0.15) is 45.7 Å². The third kappa shape index (κ3) is 4.11. The number of rotatable bonds is 6. The van der Waals surface area contributed by atoms with E-state index < -0.39 is 0 Å². The van der Waals surface area contributed by atoms with Gasteiger partial charge < -0.3 is 5.32 Å². The van der Waals surface area contributed by atoms with Crippen LogP contribution >= 0.6 is 0 Å². The van der Waals surface area contributed by atoms with Gasteiger partial charge in [0.15, 0.2) is 0 Å². The normalized spacial score (nSPS) is 13.3. The van der Waals surface area contributed by atoms with Gasteiger partial charge in [-0.1, -0.05) is 32.9 Å². The molecule has 1 atom stereocenters. The second-order valence-corrected chi connectivity index (χ2v) is 5.47. The Bertz CT molecular complexity index is 416. The zero-order valence-electron chi connectivity index (χ0n) is 11.6. The molecule has 0 spiro atoms. The number of hydrogen-bond donors (Lipinski definition) is 1. The molecule has 1 aromatic carbocycles. The molecule has 0 aliphatic heterocycles. The molecule has 0 saturated carbocycles. The van der Waals surface area contributed by atoms with Crippen molar-refractivity contribution in [2.75, 3.05) is 6.54 Å². The number of benzene rings is 1. The maximum Gasteiger partial charge on any atom is 0.269 e. The van der Waals surface area contributed by atoms with Crippen molar-refractivity contribution in [2.45, 2.75) is 40.2 Å². The standard InChI is InChI=1S/C14H22N2O2/c1-5-14(3,4)10-15-11(2)12-7-6-8-13(9-12)16(17)18/h6-9,11,15H,5,10H2,1-4H3. The van der Waals surface area contributed by atoms with Crippen LogP contribution in [0.5, 0.6) is 0 Å². The number of nitrogens with zero attached hydrogens (tertiary/aromatic N) is 1. The molecule has 0 aromatic heterocycles. The highest BCUT2D eigenvalue weighted by Crippen LogP contribution is 2.22. The maximum absolute atomic E-state index is 10.7. The van der Waals surface area contributed by atoms with Gasteiger partial charge in [-0.15, -0.1) is 0 Å². The summed E-state index contributed by atoms with van der Waals surface area (Å²) in [6.07, 6.45) is 1.10. The van der Waals surface area contributed by atoms with E-state index >= 15 is 0 Å². The number of non-ortho nitro benzene ring substituents is 1. The average molecular weight is 250 g/mol. The van der Waals surface area contributed by atoms with Gasteiger partial charge in [0, 0.05) is 24.7 Å². The molecular formula is C14H22N2O2. The van der Waals surface area contributed by atoms with Gasteiger partial charge in [-0.2, -0.15) is 0 Å². The molecule has 18 heavy (non-hydrogen) atoms. The molecule has 0 bridgehead atoms. The van der Waals surface area contributed by atoms with Crippen LogP contribution in [-0.4, -0.2) is 11.5 Å². The Kier molecular flexibility index (Phi) is 4.84. The first-order valence-electron chi connectivity index (χ1n) is 6.33. The molecular weight excluding hydrogens is 228 g/mol. The molecule has 1 rings (SSSR count). The van der Waals surface area contributed by atoms with E-state index in [1.807, 2.05) is 13.0 Å². The van der Waals surface area contributed by atoms with E-state index in [0.717, 1.165) is 18.5 Å². The van der Waals surface area contributed by atoms with E-state index in [2.05, 4.69) is 26.1 Å². The fraction of sp³-hybridized carbons (Fsp3) is 0.571. The maximum atomic E-state index is 10.7. The molecule has 0 aliphatic carbocycles. The van der Waals surface area contributed by atoms with Crippen LogP contribution in [0, 0.1) is 15.5 Å². The largest absolute Gasteiger partial charge is 0.310 e. The van der Waals surface area contributed by atoms with E-state index in [1.165, 1.54) is 6.07 Å². The summed E-state index contributed by atoms with van der Waals surface area (Å²) in [5.41, 5.74) is 1.35. The second kappa shape index (κ2) is 5.96. The van der Waals surface area contributed by atoms with Gasteiger partial charge in [0.25, 0.3) is 5.69 Å². The molecule has 0 amide bonds. The summed E-state index contributed by atoms with van der Waals surface area (Å²) >= 11 is 0. The zero-order chi connectivity index (χ0) is 13.8. The van der Waals surface area contributed by atoms with Crippen molar-refractivity contribution < 1.29 is 4.92 Å². The zero-order valence-corrected chi connectivity index (χ0v) is 11.6. The molecule has 1 N–H and O–H groups in total. The van der Waals surface area contributed by atoms with E-state index in [0.29, 0.717) is 0 Å². The highest BCUT2D eigenvalue weighted by Gasteiger charge is 2.17. The quantitative estimate of drug-likeness (QED) is 0.619. The first-order chi connectivity index (χ1) is 8.35. The Morgan fingerprint density at radius 3 is 2.67 bits per heavy atom. The van der Waals surface area contributed by atoms with Crippen LogP contribution < -0.4 is 5.32 Å². The molecule has 1 unspecified atom stereocenters. The van der Waals surface area contributed by atoms with E-state index in [1.54, 1.807) is 12.1 Å². The number of hydrogen-bond acceptors (Lipinski definition) is 3. The van der Waals surface area contributed by atoms with Crippen LogP contribution in [0.2, 0.25) is 0 Å². The smallest absolute Gasteiger partial charge is 0.269 e. The molecule has 0 aliphatic rings.